The molecular weight excluding hydrogens is 324 g/mol. The molecule has 2 unspecified atom stereocenters. The number of aliphatic hydroxyl groups is 1. The van der Waals surface area contributed by atoms with E-state index in [4.69, 9.17) is 9.84 Å². The van der Waals surface area contributed by atoms with Gasteiger partial charge < -0.3 is 9.84 Å². The molecule has 1 N–H and O–H groups in total. The van der Waals surface area contributed by atoms with E-state index >= 15 is 0 Å². The Hall–Kier alpha value is -2.17. The molecule has 4 heteroatoms. The van der Waals surface area contributed by atoms with Crippen LogP contribution in [0.4, 0.5) is 0 Å². The van der Waals surface area contributed by atoms with Crippen LogP contribution in [0.3, 0.4) is 0 Å². The second kappa shape index (κ2) is 7.22. The minimum Gasteiger partial charge on any atom is -0.384 e. The lowest BCUT2D eigenvalue weighted by molar-refractivity contribution is 0.0420. The molecule has 0 saturated heterocycles. The van der Waals surface area contributed by atoms with Crippen molar-refractivity contribution < 1.29 is 9.84 Å². The molecule has 0 amide bonds. The summed E-state index contributed by atoms with van der Waals surface area (Å²) in [6.07, 6.45) is 8.61. The van der Waals surface area contributed by atoms with E-state index in [0.29, 0.717) is 12.1 Å². The fourth-order valence-electron chi connectivity index (χ4n) is 3.28. The van der Waals surface area contributed by atoms with Crippen LogP contribution in [0.15, 0.2) is 54.6 Å². The van der Waals surface area contributed by atoms with Crippen molar-refractivity contribution in [3.05, 3.63) is 60.3 Å². The van der Waals surface area contributed by atoms with E-state index in [1.807, 2.05) is 41.9 Å². The molecule has 0 saturated carbocycles. The third kappa shape index (κ3) is 3.67. The van der Waals surface area contributed by atoms with Gasteiger partial charge in [-0.2, -0.15) is 5.10 Å². The van der Waals surface area contributed by atoms with Crippen LogP contribution in [0.5, 0.6) is 0 Å². The lowest BCUT2D eigenvalue weighted by Crippen LogP contribution is -2.26. The van der Waals surface area contributed by atoms with E-state index in [-0.39, 0.29) is 5.60 Å². The van der Waals surface area contributed by atoms with Crippen molar-refractivity contribution in [2.45, 2.75) is 51.2 Å². The van der Waals surface area contributed by atoms with E-state index in [0.717, 1.165) is 29.8 Å². The standard InChI is InChI=1S/C22H28N2O2/c1-5-13-22(3,25)20-16-19(17-9-7-6-8-10-17)24(23-20)18-11-14-21(2,26-4)15-12-18/h6-12,14,16,25H,5,13,15H2,1-4H3. The molecule has 0 bridgehead atoms. The molecule has 0 spiro atoms. The van der Waals surface area contributed by atoms with Gasteiger partial charge in [0.05, 0.1) is 22.7 Å². The molecule has 4 nitrogen and oxygen atoms in total. The van der Waals surface area contributed by atoms with Crippen molar-refractivity contribution >= 4 is 5.70 Å². The smallest absolute Gasteiger partial charge is 0.106 e. The number of aromatic nitrogens is 2. The number of hydrogen-bond acceptors (Lipinski definition) is 3. The zero-order chi connectivity index (χ0) is 18.8. The summed E-state index contributed by atoms with van der Waals surface area (Å²) in [5, 5.41) is 15.6. The number of ether oxygens (including phenoxy) is 1. The highest BCUT2D eigenvalue weighted by Crippen LogP contribution is 2.33. The monoisotopic (exact) mass is 352 g/mol. The molecule has 1 aromatic carbocycles. The average Bonchev–Trinajstić information content (AvgIpc) is 3.09. The van der Waals surface area contributed by atoms with Crippen LogP contribution in [0.2, 0.25) is 0 Å². The molecule has 2 aromatic rings. The van der Waals surface area contributed by atoms with Gasteiger partial charge in [-0.1, -0.05) is 55.8 Å². The highest BCUT2D eigenvalue weighted by atomic mass is 16.5. The van der Waals surface area contributed by atoms with Crippen molar-refractivity contribution in [2.24, 2.45) is 0 Å². The molecule has 2 atom stereocenters. The van der Waals surface area contributed by atoms with Crippen molar-refractivity contribution in [2.75, 3.05) is 7.11 Å². The zero-order valence-electron chi connectivity index (χ0n) is 16.1. The van der Waals surface area contributed by atoms with Gasteiger partial charge in [0.2, 0.25) is 0 Å². The van der Waals surface area contributed by atoms with Crippen LogP contribution in [-0.4, -0.2) is 27.6 Å². The molecule has 0 aliphatic heterocycles. The van der Waals surface area contributed by atoms with E-state index in [9.17, 15) is 5.11 Å². The van der Waals surface area contributed by atoms with Crippen LogP contribution in [0.25, 0.3) is 17.0 Å². The second-order valence-electron chi connectivity index (χ2n) is 7.40. The van der Waals surface area contributed by atoms with Crippen LogP contribution in [0, 0.1) is 0 Å². The van der Waals surface area contributed by atoms with Gasteiger partial charge in [0, 0.05) is 19.1 Å². The van der Waals surface area contributed by atoms with Crippen LogP contribution < -0.4 is 0 Å². The summed E-state index contributed by atoms with van der Waals surface area (Å²) in [5.74, 6) is 0. The molecule has 1 aromatic heterocycles. The maximum Gasteiger partial charge on any atom is 0.106 e. The van der Waals surface area contributed by atoms with Gasteiger partial charge in [0.25, 0.3) is 0 Å². The predicted molar refractivity (Wildman–Crippen MR) is 106 cm³/mol. The van der Waals surface area contributed by atoms with Crippen LogP contribution >= 0.6 is 0 Å². The van der Waals surface area contributed by atoms with Crippen LogP contribution in [0.1, 0.15) is 45.7 Å². The molecule has 26 heavy (non-hydrogen) atoms. The average molecular weight is 352 g/mol. The minimum absolute atomic E-state index is 0.278. The highest BCUT2D eigenvalue weighted by molar-refractivity contribution is 5.70. The summed E-state index contributed by atoms with van der Waals surface area (Å²) >= 11 is 0. The summed E-state index contributed by atoms with van der Waals surface area (Å²) in [4.78, 5) is 0. The zero-order valence-corrected chi connectivity index (χ0v) is 16.1. The van der Waals surface area contributed by atoms with Gasteiger partial charge in [-0.25, -0.2) is 4.68 Å². The molecule has 0 fully saturated rings. The Morgan fingerprint density at radius 1 is 1.31 bits per heavy atom. The minimum atomic E-state index is -0.941. The highest BCUT2D eigenvalue weighted by Gasteiger charge is 2.28. The Morgan fingerprint density at radius 2 is 2.04 bits per heavy atom. The summed E-state index contributed by atoms with van der Waals surface area (Å²) < 4.78 is 7.50. The second-order valence-corrected chi connectivity index (χ2v) is 7.40. The topological polar surface area (TPSA) is 47.3 Å². The quantitative estimate of drug-likeness (QED) is 0.815. The van der Waals surface area contributed by atoms with Crippen molar-refractivity contribution in [3.8, 4) is 11.3 Å². The maximum absolute atomic E-state index is 10.9. The molecule has 3 rings (SSSR count). The van der Waals surface area contributed by atoms with Gasteiger partial charge in [-0.05, 0) is 32.4 Å². The van der Waals surface area contributed by atoms with E-state index in [1.165, 1.54) is 0 Å². The third-order valence-electron chi connectivity index (χ3n) is 5.10. The third-order valence-corrected chi connectivity index (χ3v) is 5.10. The van der Waals surface area contributed by atoms with Gasteiger partial charge in [-0.3, -0.25) is 0 Å². The predicted octanol–water partition coefficient (Wildman–Crippen LogP) is 4.76. The Labute approximate surface area is 155 Å². The van der Waals surface area contributed by atoms with E-state index in [2.05, 4.69) is 38.1 Å². The molecule has 1 aliphatic carbocycles. The van der Waals surface area contributed by atoms with Crippen molar-refractivity contribution in [3.63, 3.8) is 0 Å². The first kappa shape index (κ1) is 18.6. The first-order chi connectivity index (χ1) is 12.4. The lowest BCUT2D eigenvalue weighted by atomic mass is 9.95. The van der Waals surface area contributed by atoms with E-state index < -0.39 is 5.60 Å². The number of benzene rings is 1. The normalized spacial score (nSPS) is 22.1. The summed E-state index contributed by atoms with van der Waals surface area (Å²) in [6, 6.07) is 12.2. The number of nitrogens with zero attached hydrogens (tertiary/aromatic N) is 2. The Balaban J connectivity index is 2.07. The summed E-state index contributed by atoms with van der Waals surface area (Å²) in [5.41, 5.74) is 2.54. The number of methoxy groups -OCH3 is 1. The molecule has 0 radical (unpaired) electrons. The van der Waals surface area contributed by atoms with Gasteiger partial charge in [-0.15, -0.1) is 0 Å². The Morgan fingerprint density at radius 3 is 2.62 bits per heavy atom. The molecule has 1 aliphatic rings. The van der Waals surface area contributed by atoms with Crippen molar-refractivity contribution in [1.82, 2.24) is 9.78 Å². The largest absolute Gasteiger partial charge is 0.384 e. The van der Waals surface area contributed by atoms with Gasteiger partial charge in [0.15, 0.2) is 0 Å². The number of rotatable bonds is 6. The fourth-order valence-corrected chi connectivity index (χ4v) is 3.28. The number of allylic oxidation sites excluding steroid dienone is 2. The first-order valence-corrected chi connectivity index (χ1v) is 9.22. The maximum atomic E-state index is 10.9. The van der Waals surface area contributed by atoms with Crippen LogP contribution in [-0.2, 0) is 10.3 Å². The van der Waals surface area contributed by atoms with E-state index in [1.54, 1.807) is 7.11 Å². The molecule has 138 valence electrons. The lowest BCUT2D eigenvalue weighted by Gasteiger charge is -2.26. The van der Waals surface area contributed by atoms with Crippen molar-refractivity contribution in [1.29, 1.82) is 0 Å². The Bertz CT molecular complexity index is 818. The fraction of sp³-hybridized carbons (Fsp3) is 0.409. The summed E-state index contributed by atoms with van der Waals surface area (Å²) in [6.45, 7) is 5.97. The Kier molecular flexibility index (Phi) is 5.17. The first-order valence-electron chi connectivity index (χ1n) is 9.22. The van der Waals surface area contributed by atoms with Gasteiger partial charge >= 0.3 is 0 Å². The molecule has 1 heterocycles. The summed E-state index contributed by atoms with van der Waals surface area (Å²) in [7, 11) is 1.73. The van der Waals surface area contributed by atoms with Gasteiger partial charge in [0.1, 0.15) is 5.60 Å². The SMILES string of the molecule is CCCC(C)(O)c1cc(-c2ccccc2)n(C2=CCC(C)(OC)C=C2)n1. The number of hydrogen-bond donors (Lipinski definition) is 1. The molecular formula is C22H28N2O2.